The second kappa shape index (κ2) is 8.38. The van der Waals surface area contributed by atoms with Crippen LogP contribution in [0.3, 0.4) is 0 Å². The number of carboxylic acid groups (broad SMARTS) is 1. The van der Waals surface area contributed by atoms with Gasteiger partial charge in [-0.05, 0) is 54.8 Å². The van der Waals surface area contributed by atoms with E-state index in [1.165, 1.54) is 28.8 Å². The zero-order chi connectivity index (χ0) is 24.0. The van der Waals surface area contributed by atoms with Gasteiger partial charge in [-0.15, -0.1) is 13.2 Å². The van der Waals surface area contributed by atoms with E-state index in [9.17, 15) is 33.0 Å². The van der Waals surface area contributed by atoms with Crippen LogP contribution in [0.25, 0.3) is 10.9 Å². The number of hydrogen-bond donors (Lipinski definition) is 2. The van der Waals surface area contributed by atoms with Crippen LogP contribution in [0.4, 0.5) is 13.2 Å². The topological polar surface area (TPSA) is 88.8 Å². The third kappa shape index (κ3) is 4.38. The number of aromatic hydroxyl groups is 1. The smallest absolute Gasteiger partial charge is 0.506 e. The molecule has 170 valence electrons. The summed E-state index contributed by atoms with van der Waals surface area (Å²) in [6.07, 6.45) is -4.87. The Morgan fingerprint density at radius 3 is 2.22 bits per heavy atom. The van der Waals surface area contributed by atoms with Crippen molar-refractivity contribution in [3.63, 3.8) is 0 Å². The van der Waals surface area contributed by atoms with Gasteiger partial charge in [-0.2, -0.15) is 0 Å². The van der Waals surface area contributed by atoms with Crippen LogP contribution in [-0.4, -0.2) is 33.0 Å². The summed E-state index contributed by atoms with van der Waals surface area (Å²) in [7, 11) is 0. The predicted molar refractivity (Wildman–Crippen MR) is 111 cm³/mol. The lowest BCUT2D eigenvalue weighted by Gasteiger charge is -2.17. The summed E-state index contributed by atoms with van der Waals surface area (Å²) in [5.74, 6) is -3.77. The molecule has 32 heavy (non-hydrogen) atoms. The number of phenolic OH excluding ortho intramolecular Hbond substituents is 1. The number of benzene rings is 2. The monoisotopic (exact) mass is 469 g/mol. The zero-order valence-electron chi connectivity index (χ0n) is 17.2. The molecule has 0 aliphatic carbocycles. The summed E-state index contributed by atoms with van der Waals surface area (Å²) in [4.78, 5) is 25.3. The molecule has 6 nitrogen and oxygen atoms in total. The number of nitrogens with zero attached hydrogens (tertiary/aromatic N) is 1. The van der Waals surface area contributed by atoms with E-state index in [1.807, 2.05) is 0 Å². The van der Waals surface area contributed by atoms with E-state index < -0.39 is 29.9 Å². The Hall–Kier alpha value is -3.20. The number of carboxylic acids is 1. The Labute approximate surface area is 185 Å². The van der Waals surface area contributed by atoms with Crippen LogP contribution in [0.5, 0.6) is 11.5 Å². The fourth-order valence-electron chi connectivity index (χ4n) is 3.77. The lowest BCUT2D eigenvalue weighted by Crippen LogP contribution is -2.20. The number of hydrogen-bond acceptors (Lipinski definition) is 4. The number of carbonyl (C=O) groups is 2. The summed E-state index contributed by atoms with van der Waals surface area (Å²) < 4.78 is 42.3. The van der Waals surface area contributed by atoms with Crippen LogP contribution in [0.1, 0.15) is 41.4 Å². The van der Waals surface area contributed by atoms with E-state index in [1.54, 1.807) is 20.8 Å². The van der Waals surface area contributed by atoms with Crippen LogP contribution in [0, 0.1) is 12.8 Å². The summed E-state index contributed by atoms with van der Waals surface area (Å²) in [5, 5.41) is 20.2. The number of alkyl halides is 3. The van der Waals surface area contributed by atoms with Crippen LogP contribution < -0.4 is 4.74 Å². The fourth-order valence-corrected chi connectivity index (χ4v) is 3.93. The van der Waals surface area contributed by atoms with Gasteiger partial charge in [0.15, 0.2) is 0 Å². The first-order valence-electron chi connectivity index (χ1n) is 9.48. The quantitative estimate of drug-likeness (QED) is 0.499. The standard InChI is InChI=1S/C22H19ClF3NO5/c1-10(2)18(21(30)31)19-11(3)27(16-9-15(23)17(28)8-14(16)19)20(29)12-4-6-13(7-5-12)32-22(24,25)26/h4-10,18,28H,1-3H3,(H,30,31). The van der Waals surface area contributed by atoms with Crippen LogP contribution in [0.15, 0.2) is 36.4 Å². The lowest BCUT2D eigenvalue weighted by molar-refractivity contribution is -0.274. The Balaban J connectivity index is 2.20. The first kappa shape index (κ1) is 23.5. The largest absolute Gasteiger partial charge is 0.573 e. The number of aliphatic carboxylic acids is 1. The Kier molecular flexibility index (Phi) is 6.15. The zero-order valence-corrected chi connectivity index (χ0v) is 18.0. The molecule has 3 aromatic rings. The van der Waals surface area contributed by atoms with Crippen molar-refractivity contribution in [2.45, 2.75) is 33.1 Å². The van der Waals surface area contributed by atoms with E-state index in [0.29, 0.717) is 16.6 Å². The van der Waals surface area contributed by atoms with Gasteiger partial charge in [0.2, 0.25) is 0 Å². The third-order valence-electron chi connectivity index (χ3n) is 5.10. The minimum absolute atomic E-state index is 0.0408. The molecule has 3 rings (SSSR count). The average Bonchev–Trinajstić information content (AvgIpc) is 2.92. The summed E-state index contributed by atoms with van der Waals surface area (Å²) in [6.45, 7) is 5.01. The Morgan fingerprint density at radius 2 is 1.72 bits per heavy atom. The van der Waals surface area contributed by atoms with Crippen molar-refractivity contribution >= 4 is 34.4 Å². The van der Waals surface area contributed by atoms with E-state index in [-0.39, 0.29) is 27.8 Å². The fraction of sp³-hybridized carbons (Fsp3) is 0.273. The molecule has 1 atom stereocenters. The van der Waals surface area contributed by atoms with Gasteiger partial charge in [-0.25, -0.2) is 0 Å². The van der Waals surface area contributed by atoms with E-state index in [2.05, 4.69) is 4.74 Å². The number of aromatic nitrogens is 1. The minimum atomic E-state index is -4.87. The molecule has 0 bridgehead atoms. The highest BCUT2D eigenvalue weighted by molar-refractivity contribution is 6.33. The Bertz CT molecular complexity index is 1200. The number of rotatable bonds is 5. The highest BCUT2D eigenvalue weighted by Crippen LogP contribution is 2.40. The van der Waals surface area contributed by atoms with Gasteiger partial charge >= 0.3 is 12.3 Å². The molecule has 1 unspecified atom stereocenters. The molecule has 10 heteroatoms. The molecule has 2 aromatic carbocycles. The number of phenols is 1. The number of halogens is 4. The number of carbonyl (C=O) groups excluding carboxylic acids is 1. The van der Waals surface area contributed by atoms with E-state index >= 15 is 0 Å². The van der Waals surface area contributed by atoms with Gasteiger partial charge < -0.3 is 14.9 Å². The predicted octanol–water partition coefficient (Wildman–Crippen LogP) is 5.72. The maximum Gasteiger partial charge on any atom is 0.573 e. The van der Waals surface area contributed by atoms with Crippen molar-refractivity contribution in [3.8, 4) is 11.5 Å². The first-order valence-corrected chi connectivity index (χ1v) is 9.86. The third-order valence-corrected chi connectivity index (χ3v) is 5.41. The van der Waals surface area contributed by atoms with Crippen molar-refractivity contribution in [2.75, 3.05) is 0 Å². The number of fused-ring (bicyclic) bond motifs is 1. The highest BCUT2D eigenvalue weighted by Gasteiger charge is 2.33. The number of ether oxygens (including phenoxy) is 1. The van der Waals surface area contributed by atoms with E-state index in [4.69, 9.17) is 11.6 Å². The van der Waals surface area contributed by atoms with Crippen molar-refractivity contribution < 1.29 is 37.7 Å². The van der Waals surface area contributed by atoms with Crippen LogP contribution >= 0.6 is 11.6 Å². The van der Waals surface area contributed by atoms with Crippen LogP contribution in [-0.2, 0) is 4.79 Å². The van der Waals surface area contributed by atoms with Gasteiger partial charge in [0.05, 0.1) is 16.5 Å². The molecule has 0 fully saturated rings. The first-order chi connectivity index (χ1) is 14.8. The van der Waals surface area contributed by atoms with Gasteiger partial charge in [0.25, 0.3) is 5.91 Å². The van der Waals surface area contributed by atoms with Gasteiger partial charge in [-0.3, -0.25) is 14.2 Å². The molecule has 1 heterocycles. The van der Waals surface area contributed by atoms with Gasteiger partial charge in [0, 0.05) is 16.6 Å². The molecule has 0 saturated carbocycles. The molecule has 2 N–H and O–H groups in total. The molecule has 0 amide bonds. The minimum Gasteiger partial charge on any atom is -0.506 e. The summed E-state index contributed by atoms with van der Waals surface area (Å²) >= 11 is 6.04. The SMILES string of the molecule is Cc1c(C(C(=O)O)C(C)C)c2cc(O)c(Cl)cc2n1C(=O)c1ccc(OC(F)(F)F)cc1. The summed E-state index contributed by atoms with van der Waals surface area (Å²) in [5.41, 5.74) is 0.989. The van der Waals surface area contributed by atoms with E-state index in [0.717, 1.165) is 12.1 Å². The van der Waals surface area contributed by atoms with Gasteiger partial charge in [-0.1, -0.05) is 25.4 Å². The molecular weight excluding hydrogens is 451 g/mol. The maximum absolute atomic E-state index is 13.3. The second-order valence-corrected chi connectivity index (χ2v) is 8.00. The Morgan fingerprint density at radius 1 is 1.12 bits per heavy atom. The normalized spacial score (nSPS) is 12.9. The lowest BCUT2D eigenvalue weighted by atomic mass is 9.86. The van der Waals surface area contributed by atoms with Crippen molar-refractivity contribution in [2.24, 2.45) is 5.92 Å². The molecule has 1 aromatic heterocycles. The maximum atomic E-state index is 13.3. The van der Waals surface area contributed by atoms with Crippen molar-refractivity contribution in [3.05, 3.63) is 58.2 Å². The molecule has 0 spiro atoms. The second-order valence-electron chi connectivity index (χ2n) is 7.59. The van der Waals surface area contributed by atoms with Gasteiger partial charge in [0.1, 0.15) is 11.5 Å². The highest BCUT2D eigenvalue weighted by atomic mass is 35.5. The summed E-state index contributed by atoms with van der Waals surface area (Å²) in [6, 6.07) is 7.02. The van der Waals surface area contributed by atoms with Crippen LogP contribution in [0.2, 0.25) is 5.02 Å². The molecule has 0 saturated heterocycles. The molecule has 0 radical (unpaired) electrons. The average molecular weight is 470 g/mol. The molecule has 0 aliphatic heterocycles. The molecule has 0 aliphatic rings. The molecular formula is C22H19ClF3NO5. The van der Waals surface area contributed by atoms with Crippen molar-refractivity contribution in [1.82, 2.24) is 4.57 Å². The van der Waals surface area contributed by atoms with Crippen molar-refractivity contribution in [1.29, 1.82) is 0 Å².